The molecule has 1 aromatic carbocycles. The Morgan fingerprint density at radius 3 is 2.67 bits per heavy atom. The number of hydrogen-bond acceptors (Lipinski definition) is 3. The molecular weight excluding hydrogens is 322 g/mol. The second-order valence-corrected chi connectivity index (χ2v) is 7.25. The zero-order valence-corrected chi connectivity index (χ0v) is 14.8. The summed E-state index contributed by atoms with van der Waals surface area (Å²) in [5, 5.41) is 3.91. The Morgan fingerprint density at radius 1 is 1.17 bits per heavy atom. The van der Waals surface area contributed by atoms with Gasteiger partial charge in [0.25, 0.3) is 5.56 Å². The van der Waals surface area contributed by atoms with Gasteiger partial charge < -0.3 is 5.32 Å². The standard InChI is InChI=1S/C19H20ClN3O/c1-19(2,3)15-6-4-5-7-16(15)21-11-14-10-18(24)23-12-13(20)8-9-17(23)22-14/h4-10,12,21H,11H2,1-3H3. The van der Waals surface area contributed by atoms with Crippen LogP contribution in [0, 0.1) is 0 Å². The van der Waals surface area contributed by atoms with Gasteiger partial charge in [-0.3, -0.25) is 9.20 Å². The minimum Gasteiger partial charge on any atom is -0.379 e. The van der Waals surface area contributed by atoms with Crippen LogP contribution in [0.4, 0.5) is 5.69 Å². The maximum atomic E-state index is 12.2. The molecule has 4 nitrogen and oxygen atoms in total. The monoisotopic (exact) mass is 341 g/mol. The lowest BCUT2D eigenvalue weighted by Crippen LogP contribution is -2.18. The molecular formula is C19H20ClN3O. The number of nitrogens with one attached hydrogen (secondary N) is 1. The molecule has 2 aromatic heterocycles. The summed E-state index contributed by atoms with van der Waals surface area (Å²) in [7, 11) is 0. The second kappa shape index (κ2) is 6.29. The molecule has 24 heavy (non-hydrogen) atoms. The average molecular weight is 342 g/mol. The Bertz CT molecular complexity index is 941. The van der Waals surface area contributed by atoms with Crippen LogP contribution in [0.2, 0.25) is 5.02 Å². The van der Waals surface area contributed by atoms with Crippen molar-refractivity contribution >= 4 is 22.9 Å². The van der Waals surface area contributed by atoms with Crippen LogP contribution < -0.4 is 10.9 Å². The van der Waals surface area contributed by atoms with Crippen molar-refractivity contribution in [2.75, 3.05) is 5.32 Å². The van der Waals surface area contributed by atoms with E-state index in [0.29, 0.717) is 22.9 Å². The van der Waals surface area contributed by atoms with E-state index in [-0.39, 0.29) is 11.0 Å². The van der Waals surface area contributed by atoms with Crippen LogP contribution in [0.5, 0.6) is 0 Å². The largest absolute Gasteiger partial charge is 0.379 e. The Labute approximate surface area is 146 Å². The van der Waals surface area contributed by atoms with Gasteiger partial charge in [0.05, 0.1) is 17.3 Å². The van der Waals surface area contributed by atoms with Crippen molar-refractivity contribution in [3.05, 3.63) is 75.3 Å². The molecule has 0 aliphatic heterocycles. The van der Waals surface area contributed by atoms with Crippen molar-refractivity contribution in [1.82, 2.24) is 9.38 Å². The summed E-state index contributed by atoms with van der Waals surface area (Å²) < 4.78 is 1.45. The van der Waals surface area contributed by atoms with Crippen LogP contribution in [0.1, 0.15) is 32.0 Å². The number of benzene rings is 1. The molecule has 1 N–H and O–H groups in total. The van der Waals surface area contributed by atoms with Crippen LogP contribution in [-0.2, 0) is 12.0 Å². The molecule has 0 aliphatic carbocycles. The molecule has 124 valence electrons. The van der Waals surface area contributed by atoms with Gasteiger partial charge >= 0.3 is 0 Å². The number of hydrogen-bond donors (Lipinski definition) is 1. The fraction of sp³-hybridized carbons (Fsp3) is 0.263. The van der Waals surface area contributed by atoms with Crippen LogP contribution >= 0.6 is 11.6 Å². The van der Waals surface area contributed by atoms with Gasteiger partial charge in [0.1, 0.15) is 5.65 Å². The van der Waals surface area contributed by atoms with Crippen LogP contribution in [0.15, 0.2) is 53.5 Å². The zero-order chi connectivity index (χ0) is 17.3. The number of fused-ring (bicyclic) bond motifs is 1. The van der Waals surface area contributed by atoms with E-state index in [2.05, 4.69) is 37.1 Å². The molecule has 3 aromatic rings. The van der Waals surface area contributed by atoms with Gasteiger partial charge in [-0.1, -0.05) is 50.6 Å². The number of aromatic nitrogens is 2. The van der Waals surface area contributed by atoms with Crippen LogP contribution in [0.3, 0.4) is 0 Å². The Kier molecular flexibility index (Phi) is 4.33. The molecule has 0 amide bonds. The van der Waals surface area contributed by atoms with Crippen LogP contribution in [-0.4, -0.2) is 9.38 Å². The first-order valence-corrected chi connectivity index (χ1v) is 8.23. The van der Waals surface area contributed by atoms with Crippen molar-refractivity contribution in [3.8, 4) is 0 Å². The lowest BCUT2D eigenvalue weighted by molar-refractivity contribution is 0.591. The third kappa shape index (κ3) is 3.44. The highest BCUT2D eigenvalue weighted by atomic mass is 35.5. The third-order valence-corrected chi connectivity index (χ3v) is 4.10. The molecule has 3 rings (SSSR count). The van der Waals surface area contributed by atoms with E-state index >= 15 is 0 Å². The first-order valence-electron chi connectivity index (χ1n) is 7.86. The normalized spacial score (nSPS) is 11.7. The number of rotatable bonds is 3. The predicted octanol–water partition coefficient (Wildman–Crippen LogP) is 4.26. The Hall–Kier alpha value is -2.33. The molecule has 5 heteroatoms. The summed E-state index contributed by atoms with van der Waals surface area (Å²) in [6.07, 6.45) is 1.58. The van der Waals surface area contributed by atoms with Gasteiger partial charge in [0.15, 0.2) is 0 Å². The van der Waals surface area contributed by atoms with Crippen molar-refractivity contribution in [1.29, 1.82) is 0 Å². The Balaban J connectivity index is 1.90. The molecule has 0 aliphatic rings. The average Bonchev–Trinajstić information content (AvgIpc) is 2.53. The van der Waals surface area contributed by atoms with Gasteiger partial charge in [0, 0.05) is 18.0 Å². The van der Waals surface area contributed by atoms with Crippen molar-refractivity contribution < 1.29 is 0 Å². The molecule has 0 unspecified atom stereocenters. The third-order valence-electron chi connectivity index (χ3n) is 3.87. The van der Waals surface area contributed by atoms with E-state index in [1.807, 2.05) is 18.2 Å². The van der Waals surface area contributed by atoms with Crippen molar-refractivity contribution in [3.63, 3.8) is 0 Å². The zero-order valence-electron chi connectivity index (χ0n) is 14.0. The van der Waals surface area contributed by atoms with Crippen LogP contribution in [0.25, 0.3) is 5.65 Å². The molecule has 0 atom stereocenters. The number of anilines is 1. The van der Waals surface area contributed by atoms with Gasteiger partial charge in [0.2, 0.25) is 0 Å². The second-order valence-electron chi connectivity index (χ2n) is 6.81. The fourth-order valence-electron chi connectivity index (χ4n) is 2.69. The lowest BCUT2D eigenvalue weighted by Gasteiger charge is -2.23. The minimum atomic E-state index is -0.136. The predicted molar refractivity (Wildman–Crippen MR) is 98.9 cm³/mol. The summed E-state index contributed by atoms with van der Waals surface area (Å²) in [5.41, 5.74) is 3.48. The van der Waals surface area contributed by atoms with Crippen molar-refractivity contribution in [2.45, 2.75) is 32.7 Å². The maximum absolute atomic E-state index is 12.2. The lowest BCUT2D eigenvalue weighted by atomic mass is 9.86. The molecule has 0 bridgehead atoms. The summed E-state index contributed by atoms with van der Waals surface area (Å²) in [5.74, 6) is 0. The highest BCUT2D eigenvalue weighted by Crippen LogP contribution is 2.29. The van der Waals surface area contributed by atoms with E-state index in [1.54, 1.807) is 18.3 Å². The smallest absolute Gasteiger partial charge is 0.258 e. The summed E-state index contributed by atoms with van der Waals surface area (Å²) in [6, 6.07) is 13.2. The number of halogens is 1. The van der Waals surface area contributed by atoms with Gasteiger partial charge in [-0.05, 0) is 29.2 Å². The topological polar surface area (TPSA) is 46.4 Å². The fourth-order valence-corrected chi connectivity index (χ4v) is 2.85. The van der Waals surface area contributed by atoms with E-state index in [0.717, 1.165) is 5.69 Å². The van der Waals surface area contributed by atoms with E-state index < -0.39 is 0 Å². The van der Waals surface area contributed by atoms with Gasteiger partial charge in [-0.15, -0.1) is 0 Å². The number of pyridine rings is 1. The summed E-state index contributed by atoms with van der Waals surface area (Å²) in [4.78, 5) is 16.8. The maximum Gasteiger partial charge on any atom is 0.258 e. The van der Waals surface area contributed by atoms with E-state index in [1.165, 1.54) is 16.0 Å². The quantitative estimate of drug-likeness (QED) is 0.774. The van der Waals surface area contributed by atoms with E-state index in [4.69, 9.17) is 11.6 Å². The number of nitrogens with zero attached hydrogens (tertiary/aromatic N) is 2. The van der Waals surface area contributed by atoms with Gasteiger partial charge in [-0.2, -0.15) is 0 Å². The SMILES string of the molecule is CC(C)(C)c1ccccc1NCc1cc(=O)n2cc(Cl)ccc2n1. The molecule has 2 heterocycles. The Morgan fingerprint density at radius 2 is 1.92 bits per heavy atom. The van der Waals surface area contributed by atoms with E-state index in [9.17, 15) is 4.79 Å². The first kappa shape index (κ1) is 16.5. The highest BCUT2D eigenvalue weighted by molar-refractivity contribution is 6.30. The summed E-state index contributed by atoms with van der Waals surface area (Å²) >= 11 is 5.93. The molecule has 0 saturated carbocycles. The highest BCUT2D eigenvalue weighted by Gasteiger charge is 2.17. The van der Waals surface area contributed by atoms with Crippen molar-refractivity contribution in [2.24, 2.45) is 0 Å². The molecule has 0 fully saturated rings. The summed E-state index contributed by atoms with van der Waals surface area (Å²) in [6.45, 7) is 7.02. The first-order chi connectivity index (χ1) is 11.3. The number of para-hydroxylation sites is 1. The molecule has 0 saturated heterocycles. The molecule has 0 radical (unpaired) electrons. The minimum absolute atomic E-state index is 0.0384. The molecule has 0 spiro atoms. The van der Waals surface area contributed by atoms with Gasteiger partial charge in [-0.25, -0.2) is 4.98 Å².